The number of nitrogens with one attached hydrogen (secondary N) is 1. The summed E-state index contributed by atoms with van der Waals surface area (Å²) in [4.78, 5) is 4.66. The lowest BCUT2D eigenvalue weighted by atomic mass is 10.2. The molecular weight excluding hydrogens is 236 g/mol. The van der Waals surface area contributed by atoms with E-state index < -0.39 is 0 Å². The predicted octanol–water partition coefficient (Wildman–Crippen LogP) is 2.69. The zero-order chi connectivity index (χ0) is 14.0. The van der Waals surface area contributed by atoms with Crippen molar-refractivity contribution in [2.24, 2.45) is 0 Å². The van der Waals surface area contributed by atoms with Gasteiger partial charge in [0.1, 0.15) is 0 Å². The first-order valence-electron chi connectivity index (χ1n) is 6.71. The molecule has 0 aliphatic carbocycles. The summed E-state index contributed by atoms with van der Waals surface area (Å²) in [6, 6.07) is 6.70. The molecule has 2 aromatic heterocycles. The van der Waals surface area contributed by atoms with E-state index in [4.69, 9.17) is 0 Å². The summed E-state index contributed by atoms with van der Waals surface area (Å²) in [5.41, 5.74) is 4.41. The molecule has 19 heavy (non-hydrogen) atoms. The Morgan fingerprint density at radius 3 is 2.47 bits per heavy atom. The summed E-state index contributed by atoms with van der Waals surface area (Å²) in [6.07, 6.45) is 0. The number of pyridine rings is 1. The fourth-order valence-electron chi connectivity index (χ4n) is 2.06. The molecule has 1 N–H and O–H groups in total. The van der Waals surface area contributed by atoms with E-state index in [9.17, 15) is 0 Å². The molecule has 0 aliphatic rings. The molecule has 0 amide bonds. The normalized spacial score (nSPS) is 11.3. The number of nitrogens with zero attached hydrogens (tertiary/aromatic N) is 3. The zero-order valence-corrected chi connectivity index (χ0v) is 12.4. The summed E-state index contributed by atoms with van der Waals surface area (Å²) in [5, 5.41) is 7.88. The molecule has 0 aromatic carbocycles. The molecule has 0 spiro atoms. The highest BCUT2D eigenvalue weighted by atomic mass is 15.3. The van der Waals surface area contributed by atoms with Crippen LogP contribution in [-0.2, 0) is 6.54 Å². The Labute approximate surface area is 114 Å². The van der Waals surface area contributed by atoms with Crippen LogP contribution in [0.25, 0.3) is 5.82 Å². The second-order valence-corrected chi connectivity index (χ2v) is 5.29. The third kappa shape index (κ3) is 3.20. The average molecular weight is 258 g/mol. The lowest BCUT2D eigenvalue weighted by molar-refractivity contribution is 0.586. The van der Waals surface area contributed by atoms with Gasteiger partial charge in [-0.25, -0.2) is 9.67 Å². The van der Waals surface area contributed by atoms with E-state index in [1.807, 2.05) is 31.5 Å². The van der Waals surface area contributed by atoms with E-state index in [0.29, 0.717) is 6.04 Å². The SMILES string of the molecule is Cc1cc(C)n(-c2ccc(CNC(C)C)c(C)n2)n1. The Bertz CT molecular complexity index is 570. The number of aromatic nitrogens is 3. The molecule has 4 nitrogen and oxygen atoms in total. The van der Waals surface area contributed by atoms with Crippen molar-refractivity contribution in [3.05, 3.63) is 40.8 Å². The van der Waals surface area contributed by atoms with Crippen molar-refractivity contribution in [1.29, 1.82) is 0 Å². The molecule has 0 bridgehead atoms. The Morgan fingerprint density at radius 2 is 1.95 bits per heavy atom. The van der Waals surface area contributed by atoms with E-state index in [0.717, 1.165) is 29.4 Å². The van der Waals surface area contributed by atoms with Crippen molar-refractivity contribution in [3.8, 4) is 5.82 Å². The summed E-state index contributed by atoms with van der Waals surface area (Å²) < 4.78 is 1.89. The Hall–Kier alpha value is -1.68. The van der Waals surface area contributed by atoms with Crippen molar-refractivity contribution < 1.29 is 0 Å². The van der Waals surface area contributed by atoms with Crippen LogP contribution in [-0.4, -0.2) is 20.8 Å². The van der Waals surface area contributed by atoms with Gasteiger partial charge in [-0.15, -0.1) is 0 Å². The summed E-state index contributed by atoms with van der Waals surface area (Å²) in [5.74, 6) is 0.886. The number of hydrogen-bond donors (Lipinski definition) is 1. The van der Waals surface area contributed by atoms with Gasteiger partial charge in [0.25, 0.3) is 0 Å². The monoisotopic (exact) mass is 258 g/mol. The second-order valence-electron chi connectivity index (χ2n) is 5.29. The van der Waals surface area contributed by atoms with Gasteiger partial charge in [-0.3, -0.25) is 0 Å². The second kappa shape index (κ2) is 5.53. The molecule has 4 heteroatoms. The Kier molecular flexibility index (Phi) is 4.00. The van der Waals surface area contributed by atoms with E-state index in [-0.39, 0.29) is 0 Å². The first-order chi connectivity index (χ1) is 8.97. The van der Waals surface area contributed by atoms with Gasteiger partial charge in [-0.05, 0) is 38.5 Å². The average Bonchev–Trinajstić information content (AvgIpc) is 2.66. The van der Waals surface area contributed by atoms with Gasteiger partial charge in [0.05, 0.1) is 5.69 Å². The van der Waals surface area contributed by atoms with Crippen molar-refractivity contribution in [1.82, 2.24) is 20.1 Å². The number of aryl methyl sites for hydroxylation is 3. The Balaban J connectivity index is 2.26. The minimum absolute atomic E-state index is 0.482. The van der Waals surface area contributed by atoms with Crippen LogP contribution in [0.2, 0.25) is 0 Å². The fraction of sp³-hybridized carbons (Fsp3) is 0.467. The third-order valence-electron chi connectivity index (χ3n) is 3.11. The van der Waals surface area contributed by atoms with Crippen LogP contribution in [0, 0.1) is 20.8 Å². The molecule has 2 heterocycles. The van der Waals surface area contributed by atoms with Crippen LogP contribution in [0.5, 0.6) is 0 Å². The third-order valence-corrected chi connectivity index (χ3v) is 3.11. The van der Waals surface area contributed by atoms with Crippen LogP contribution in [0.15, 0.2) is 18.2 Å². The smallest absolute Gasteiger partial charge is 0.153 e. The van der Waals surface area contributed by atoms with E-state index in [1.165, 1.54) is 5.56 Å². The topological polar surface area (TPSA) is 42.7 Å². The van der Waals surface area contributed by atoms with Crippen LogP contribution in [0.1, 0.15) is 36.5 Å². The largest absolute Gasteiger partial charge is 0.310 e. The summed E-state index contributed by atoms with van der Waals surface area (Å²) in [7, 11) is 0. The molecule has 0 saturated carbocycles. The highest BCUT2D eigenvalue weighted by molar-refractivity contribution is 5.31. The highest BCUT2D eigenvalue weighted by Crippen LogP contribution is 2.13. The van der Waals surface area contributed by atoms with Crippen molar-refractivity contribution in [3.63, 3.8) is 0 Å². The van der Waals surface area contributed by atoms with Gasteiger partial charge in [0.2, 0.25) is 0 Å². The maximum atomic E-state index is 4.66. The minimum atomic E-state index is 0.482. The molecule has 2 rings (SSSR count). The zero-order valence-electron chi connectivity index (χ0n) is 12.4. The molecule has 102 valence electrons. The van der Waals surface area contributed by atoms with Crippen LogP contribution in [0.4, 0.5) is 0 Å². The predicted molar refractivity (Wildman–Crippen MR) is 77.5 cm³/mol. The highest BCUT2D eigenvalue weighted by Gasteiger charge is 2.07. The van der Waals surface area contributed by atoms with Gasteiger partial charge in [-0.1, -0.05) is 19.9 Å². The minimum Gasteiger partial charge on any atom is -0.310 e. The maximum absolute atomic E-state index is 4.66. The molecule has 0 unspecified atom stereocenters. The quantitative estimate of drug-likeness (QED) is 0.917. The van der Waals surface area contributed by atoms with Crippen LogP contribution in [0.3, 0.4) is 0 Å². The van der Waals surface area contributed by atoms with Gasteiger partial charge in [-0.2, -0.15) is 5.10 Å². The van der Waals surface area contributed by atoms with E-state index in [1.54, 1.807) is 0 Å². The summed E-state index contributed by atoms with van der Waals surface area (Å²) >= 11 is 0. The fourth-order valence-corrected chi connectivity index (χ4v) is 2.06. The molecule has 0 atom stereocenters. The molecule has 0 saturated heterocycles. The van der Waals surface area contributed by atoms with Gasteiger partial charge in [0.15, 0.2) is 5.82 Å². The first kappa shape index (κ1) is 13.7. The lowest BCUT2D eigenvalue weighted by Crippen LogP contribution is -2.22. The van der Waals surface area contributed by atoms with Gasteiger partial charge >= 0.3 is 0 Å². The molecule has 0 fully saturated rings. The number of rotatable bonds is 4. The molecule has 0 radical (unpaired) electrons. The standard InChI is InChI=1S/C15H22N4/c1-10(2)16-9-14-6-7-15(17-13(14)5)19-12(4)8-11(3)18-19/h6-8,10,16H,9H2,1-5H3. The van der Waals surface area contributed by atoms with Crippen molar-refractivity contribution in [2.75, 3.05) is 0 Å². The van der Waals surface area contributed by atoms with Crippen LogP contribution >= 0.6 is 0 Å². The molecular formula is C15H22N4. The van der Waals surface area contributed by atoms with Gasteiger partial charge < -0.3 is 5.32 Å². The van der Waals surface area contributed by atoms with Gasteiger partial charge in [0, 0.05) is 24.0 Å². The first-order valence-corrected chi connectivity index (χ1v) is 6.71. The number of hydrogen-bond acceptors (Lipinski definition) is 3. The van der Waals surface area contributed by atoms with Crippen molar-refractivity contribution >= 4 is 0 Å². The summed E-state index contributed by atoms with van der Waals surface area (Å²) in [6.45, 7) is 11.2. The van der Waals surface area contributed by atoms with Crippen molar-refractivity contribution in [2.45, 2.75) is 47.2 Å². The maximum Gasteiger partial charge on any atom is 0.153 e. The van der Waals surface area contributed by atoms with E-state index in [2.05, 4.69) is 41.4 Å². The lowest BCUT2D eigenvalue weighted by Gasteiger charge is -2.11. The Morgan fingerprint density at radius 1 is 1.21 bits per heavy atom. The molecule has 0 aliphatic heterocycles. The van der Waals surface area contributed by atoms with E-state index >= 15 is 0 Å². The molecule has 2 aromatic rings. The van der Waals surface area contributed by atoms with Crippen LogP contribution < -0.4 is 5.32 Å².